The molecule has 2 bridgehead atoms. The highest BCUT2D eigenvalue weighted by atomic mass is 32.1. The number of benzene rings is 3. The fourth-order valence-electron chi connectivity index (χ4n) is 6.79. The minimum atomic E-state index is -1.33. The summed E-state index contributed by atoms with van der Waals surface area (Å²) >= 11 is 1.42. The second-order valence-electron chi connectivity index (χ2n) is 13.4. The molecule has 4 aromatic rings. The lowest BCUT2D eigenvalue weighted by atomic mass is 9.94. The number of anilines is 1. The molecule has 274 valence electrons. The maximum Gasteiger partial charge on any atom is 0.326 e. The molecule has 2 aliphatic heterocycles. The second kappa shape index (κ2) is 17.1. The smallest absolute Gasteiger partial charge is 0.326 e. The van der Waals surface area contributed by atoms with Crippen molar-refractivity contribution >= 4 is 52.5 Å². The third kappa shape index (κ3) is 9.95. The Kier molecular flexibility index (Phi) is 11.9. The van der Waals surface area contributed by atoms with E-state index >= 15 is 0 Å². The summed E-state index contributed by atoms with van der Waals surface area (Å²) in [5, 5.41) is 25.9. The van der Waals surface area contributed by atoms with Gasteiger partial charge in [0, 0.05) is 42.7 Å². The van der Waals surface area contributed by atoms with Gasteiger partial charge in [-0.1, -0.05) is 72.8 Å². The SMILES string of the molecule is O=C1CCC(=O)N[C@H](Cc2cccs2)C(=O)N[C@@H](C2Cc3ccccc3C2)C(=O)N[C@H](Cc2ccccc2)C(=O)N[C@H](C(=O)O)Cc2ccc(cc2)N1. The molecule has 3 aromatic carbocycles. The van der Waals surface area contributed by atoms with Crippen LogP contribution in [0.2, 0.25) is 0 Å². The van der Waals surface area contributed by atoms with E-state index < -0.39 is 59.7 Å². The first kappa shape index (κ1) is 37.0. The molecule has 13 heteroatoms. The van der Waals surface area contributed by atoms with Crippen molar-refractivity contribution in [2.45, 2.75) is 69.1 Å². The van der Waals surface area contributed by atoms with Crippen molar-refractivity contribution in [3.8, 4) is 0 Å². The number of nitrogens with one attached hydrogen (secondary N) is 5. The third-order valence-corrected chi connectivity index (χ3v) is 10.5. The third-order valence-electron chi connectivity index (χ3n) is 9.56. The number of rotatable bonds is 6. The standard InChI is InChI=1S/C40H41N5O7S/c46-34-16-17-35(47)42-32(23-30-11-6-18-53-30)38(49)45-36(28-21-26-9-4-5-10-27(26)22-28)39(50)43-31(19-24-7-2-1-3-8-24)37(48)44-33(40(51)52)20-25-12-14-29(41-34)15-13-25/h1-15,18,28,31-33,36H,16-17,19-23H2,(H,41,46)(H,42,47)(H,43,50)(H,44,48)(H,45,49)(H,51,52)/t31-,32-,33+,36+/m1/s1. The lowest BCUT2D eigenvalue weighted by molar-refractivity contribution is -0.142. The van der Waals surface area contributed by atoms with Gasteiger partial charge in [-0.15, -0.1) is 11.3 Å². The van der Waals surface area contributed by atoms with Gasteiger partial charge in [-0.2, -0.15) is 0 Å². The Bertz CT molecular complexity index is 1930. The predicted molar refractivity (Wildman–Crippen MR) is 199 cm³/mol. The summed E-state index contributed by atoms with van der Waals surface area (Å²) in [7, 11) is 0. The van der Waals surface area contributed by atoms with Crippen LogP contribution in [0, 0.1) is 5.92 Å². The van der Waals surface area contributed by atoms with E-state index in [-0.39, 0.29) is 38.0 Å². The molecule has 5 amide bonds. The predicted octanol–water partition coefficient (Wildman–Crippen LogP) is 2.95. The molecule has 0 saturated heterocycles. The van der Waals surface area contributed by atoms with Crippen LogP contribution in [0.1, 0.15) is 40.0 Å². The summed E-state index contributed by atoms with van der Waals surface area (Å²) in [6.45, 7) is 0. The number of carboxylic acids is 1. The van der Waals surface area contributed by atoms with Gasteiger partial charge in [0.25, 0.3) is 0 Å². The van der Waals surface area contributed by atoms with Gasteiger partial charge < -0.3 is 31.7 Å². The number of hydrogen-bond acceptors (Lipinski definition) is 7. The minimum Gasteiger partial charge on any atom is -0.480 e. The first-order valence-corrected chi connectivity index (χ1v) is 18.4. The zero-order valence-electron chi connectivity index (χ0n) is 28.9. The van der Waals surface area contributed by atoms with Crippen LogP contribution < -0.4 is 26.6 Å². The second-order valence-corrected chi connectivity index (χ2v) is 14.5. The largest absolute Gasteiger partial charge is 0.480 e. The highest BCUT2D eigenvalue weighted by Gasteiger charge is 2.38. The summed E-state index contributed by atoms with van der Waals surface area (Å²) < 4.78 is 0. The van der Waals surface area contributed by atoms with Crippen molar-refractivity contribution in [1.82, 2.24) is 21.3 Å². The molecule has 0 radical (unpaired) electrons. The number of carboxylic acid groups (broad SMARTS) is 1. The Morgan fingerprint density at radius 1 is 0.642 bits per heavy atom. The van der Waals surface area contributed by atoms with Crippen molar-refractivity contribution in [3.63, 3.8) is 0 Å². The Morgan fingerprint density at radius 3 is 1.94 bits per heavy atom. The molecule has 1 aliphatic carbocycles. The number of fused-ring (bicyclic) bond motifs is 19. The van der Waals surface area contributed by atoms with E-state index in [2.05, 4.69) is 26.6 Å². The molecule has 3 aliphatic rings. The minimum absolute atomic E-state index is 0.0573. The summed E-state index contributed by atoms with van der Waals surface area (Å²) in [6.07, 6.45) is 0.787. The highest BCUT2D eigenvalue weighted by Crippen LogP contribution is 2.29. The number of amides is 5. The van der Waals surface area contributed by atoms with E-state index in [9.17, 15) is 33.9 Å². The maximum atomic E-state index is 14.4. The number of carbonyl (C=O) groups is 6. The van der Waals surface area contributed by atoms with Gasteiger partial charge in [-0.05, 0) is 64.6 Å². The zero-order chi connectivity index (χ0) is 37.3. The Morgan fingerprint density at radius 2 is 1.28 bits per heavy atom. The summed E-state index contributed by atoms with van der Waals surface area (Å²) in [6, 6.07) is 22.3. The molecular formula is C40H41N5O7S. The van der Waals surface area contributed by atoms with Crippen molar-refractivity contribution < 1.29 is 33.9 Å². The summed E-state index contributed by atoms with van der Waals surface area (Å²) in [5.41, 5.74) is 3.85. The molecule has 1 aromatic heterocycles. The topological polar surface area (TPSA) is 183 Å². The quantitative estimate of drug-likeness (QED) is 0.165. The number of aliphatic carboxylic acids is 1. The number of thiophene rings is 1. The van der Waals surface area contributed by atoms with E-state index in [1.807, 2.05) is 47.8 Å². The molecule has 0 spiro atoms. The molecule has 0 unspecified atom stereocenters. The molecule has 3 heterocycles. The fourth-order valence-corrected chi connectivity index (χ4v) is 7.54. The van der Waals surface area contributed by atoms with E-state index in [0.29, 0.717) is 24.1 Å². The van der Waals surface area contributed by atoms with Gasteiger partial charge in [-0.25, -0.2) is 4.79 Å². The lowest BCUT2D eigenvalue weighted by Crippen LogP contribution is -2.60. The molecule has 53 heavy (non-hydrogen) atoms. The van der Waals surface area contributed by atoms with Crippen LogP contribution in [0.25, 0.3) is 0 Å². The van der Waals surface area contributed by atoms with Crippen LogP contribution in [0.3, 0.4) is 0 Å². The van der Waals surface area contributed by atoms with Gasteiger partial charge in [0.05, 0.1) is 0 Å². The average molecular weight is 736 g/mol. The molecular weight excluding hydrogens is 695 g/mol. The maximum absolute atomic E-state index is 14.4. The highest BCUT2D eigenvalue weighted by molar-refractivity contribution is 7.09. The molecule has 6 N–H and O–H groups in total. The molecule has 4 atom stereocenters. The van der Waals surface area contributed by atoms with Crippen LogP contribution in [0.5, 0.6) is 0 Å². The van der Waals surface area contributed by atoms with E-state index in [0.717, 1.165) is 21.6 Å². The summed E-state index contributed by atoms with van der Waals surface area (Å²) in [5.74, 6) is -4.47. The van der Waals surface area contributed by atoms with Crippen LogP contribution in [0.4, 0.5) is 5.69 Å². The molecule has 12 nitrogen and oxygen atoms in total. The van der Waals surface area contributed by atoms with Crippen molar-refractivity contribution in [2.24, 2.45) is 5.92 Å². The molecule has 0 fully saturated rings. The summed E-state index contributed by atoms with van der Waals surface area (Å²) in [4.78, 5) is 81.7. The van der Waals surface area contributed by atoms with Crippen LogP contribution in [-0.2, 0) is 60.9 Å². The van der Waals surface area contributed by atoms with E-state index in [1.54, 1.807) is 48.5 Å². The van der Waals surface area contributed by atoms with Gasteiger partial charge in [-0.3, -0.25) is 24.0 Å². The normalized spacial score (nSPS) is 22.0. The number of hydrogen-bond donors (Lipinski definition) is 6. The number of carbonyl (C=O) groups excluding carboxylic acids is 5. The van der Waals surface area contributed by atoms with Crippen molar-refractivity contribution in [3.05, 3.63) is 124 Å². The first-order chi connectivity index (χ1) is 25.6. The first-order valence-electron chi connectivity index (χ1n) is 17.6. The Labute approximate surface area is 310 Å². The van der Waals surface area contributed by atoms with Gasteiger partial charge >= 0.3 is 5.97 Å². The van der Waals surface area contributed by atoms with E-state index in [4.69, 9.17) is 0 Å². The van der Waals surface area contributed by atoms with Gasteiger partial charge in [0.1, 0.15) is 24.2 Å². The fraction of sp³-hybridized carbons (Fsp3) is 0.300. The lowest BCUT2D eigenvalue weighted by Gasteiger charge is -2.29. The molecule has 7 rings (SSSR count). The zero-order valence-corrected chi connectivity index (χ0v) is 29.7. The van der Waals surface area contributed by atoms with E-state index in [1.165, 1.54) is 11.3 Å². The molecule has 0 saturated carbocycles. The van der Waals surface area contributed by atoms with Crippen LogP contribution >= 0.6 is 11.3 Å². The average Bonchev–Trinajstić information content (AvgIpc) is 3.83. The van der Waals surface area contributed by atoms with Crippen LogP contribution in [0.15, 0.2) is 96.4 Å². The van der Waals surface area contributed by atoms with Crippen molar-refractivity contribution in [2.75, 3.05) is 5.32 Å². The van der Waals surface area contributed by atoms with Crippen molar-refractivity contribution in [1.29, 1.82) is 0 Å². The monoisotopic (exact) mass is 735 g/mol. The van der Waals surface area contributed by atoms with Gasteiger partial charge in [0.15, 0.2) is 0 Å². The Hall–Kier alpha value is -5.82. The Balaban J connectivity index is 1.34. The van der Waals surface area contributed by atoms with Gasteiger partial charge in [0.2, 0.25) is 29.5 Å². The van der Waals surface area contributed by atoms with Crippen LogP contribution in [-0.4, -0.2) is 64.8 Å².